The summed E-state index contributed by atoms with van der Waals surface area (Å²) in [6.07, 6.45) is -10.2. The van der Waals surface area contributed by atoms with Gasteiger partial charge in [-0.1, -0.05) is 50.1 Å². The molecule has 0 saturated carbocycles. The number of aromatic amines is 1. The summed E-state index contributed by atoms with van der Waals surface area (Å²) >= 11 is 0. The van der Waals surface area contributed by atoms with Gasteiger partial charge in [0.05, 0.1) is 17.7 Å². The van der Waals surface area contributed by atoms with Crippen molar-refractivity contribution < 1.29 is 35.9 Å². The van der Waals surface area contributed by atoms with E-state index in [-0.39, 0.29) is 29.5 Å². The third-order valence-corrected chi connectivity index (χ3v) is 6.26. The molecule has 0 radical (unpaired) electrons. The van der Waals surface area contributed by atoms with Crippen molar-refractivity contribution in [1.29, 1.82) is 0 Å². The summed E-state index contributed by atoms with van der Waals surface area (Å²) in [5, 5.41) is 17.4. The molecule has 0 fully saturated rings. The zero-order chi connectivity index (χ0) is 31.6. The highest BCUT2D eigenvalue weighted by Crippen LogP contribution is 2.38. The van der Waals surface area contributed by atoms with Crippen LogP contribution in [0.3, 0.4) is 0 Å². The fourth-order valence-electron chi connectivity index (χ4n) is 3.97. The van der Waals surface area contributed by atoms with E-state index in [0.29, 0.717) is 23.4 Å². The van der Waals surface area contributed by atoms with Gasteiger partial charge in [0, 0.05) is 16.9 Å². The highest BCUT2D eigenvalue weighted by atomic mass is 19.4. The van der Waals surface area contributed by atoms with Gasteiger partial charge >= 0.3 is 18.4 Å². The Morgan fingerprint density at radius 3 is 1.86 bits per heavy atom. The topological polar surface area (TPSA) is 116 Å². The van der Waals surface area contributed by atoms with Crippen LogP contribution in [0.15, 0.2) is 66.7 Å². The first-order valence-corrected chi connectivity index (χ1v) is 12.6. The van der Waals surface area contributed by atoms with E-state index in [2.05, 4.69) is 31.3 Å². The lowest BCUT2D eigenvalue weighted by molar-refractivity contribution is -0.143. The van der Waals surface area contributed by atoms with Gasteiger partial charge in [-0.25, -0.2) is 4.79 Å². The molecule has 0 aliphatic rings. The summed E-state index contributed by atoms with van der Waals surface area (Å²) in [6.45, 7) is 5.80. The SMILES string of the molecule is CC(C)(C)c1ccc(N(Cc2ccc(C(=O)Nc3nn[nH]n3)cc2)C(=O)Nc2cc(C(F)(F)F)cc(C(F)(F)F)c2)cc1. The smallest absolute Gasteiger partial charge is 0.308 e. The van der Waals surface area contributed by atoms with Gasteiger partial charge in [0.2, 0.25) is 0 Å². The van der Waals surface area contributed by atoms with E-state index in [4.69, 9.17) is 0 Å². The van der Waals surface area contributed by atoms with Gasteiger partial charge in [0.1, 0.15) is 0 Å². The summed E-state index contributed by atoms with van der Waals surface area (Å²) < 4.78 is 80.3. The van der Waals surface area contributed by atoms with E-state index in [1.54, 1.807) is 36.4 Å². The van der Waals surface area contributed by atoms with Crippen LogP contribution in [-0.4, -0.2) is 32.6 Å². The molecule has 15 heteroatoms. The van der Waals surface area contributed by atoms with Crippen molar-refractivity contribution in [3.63, 3.8) is 0 Å². The Labute approximate surface area is 241 Å². The summed E-state index contributed by atoms with van der Waals surface area (Å²) in [5.74, 6) is -0.579. The van der Waals surface area contributed by atoms with E-state index in [1.807, 2.05) is 20.8 Å². The van der Waals surface area contributed by atoms with Gasteiger partial charge in [0.15, 0.2) is 0 Å². The molecule has 0 bridgehead atoms. The number of aromatic nitrogens is 4. The van der Waals surface area contributed by atoms with Crippen LogP contribution in [-0.2, 0) is 24.3 Å². The standard InChI is InChI=1S/C28H25F6N7O2/c1-26(2,3)18-8-10-22(11-9-18)41(15-16-4-6-17(7-5-16)23(42)36-24-37-39-40-38-24)25(43)35-21-13-19(27(29,30)31)12-20(14-21)28(32,33)34/h4-14H,15H2,1-3H3,(H,35,43)(H2,36,37,38,39,40,42). The molecule has 4 rings (SSSR count). The number of urea groups is 1. The predicted octanol–water partition coefficient (Wildman–Crippen LogP) is 7.03. The molecule has 3 aromatic carbocycles. The van der Waals surface area contributed by atoms with Crippen LogP contribution in [0, 0.1) is 0 Å². The van der Waals surface area contributed by atoms with Crippen LogP contribution in [0.5, 0.6) is 0 Å². The van der Waals surface area contributed by atoms with Gasteiger partial charge in [-0.3, -0.25) is 15.0 Å². The van der Waals surface area contributed by atoms with E-state index >= 15 is 0 Å². The Kier molecular flexibility index (Phi) is 8.46. The first-order chi connectivity index (χ1) is 20.0. The Balaban J connectivity index is 1.64. The molecule has 0 aliphatic heterocycles. The van der Waals surface area contributed by atoms with Crippen LogP contribution in [0.1, 0.15) is 53.4 Å². The molecule has 3 N–H and O–H groups in total. The zero-order valence-electron chi connectivity index (χ0n) is 22.9. The van der Waals surface area contributed by atoms with Crippen LogP contribution >= 0.6 is 0 Å². The second-order valence-electron chi connectivity index (χ2n) is 10.5. The number of hydrogen-bond donors (Lipinski definition) is 3. The fourth-order valence-corrected chi connectivity index (χ4v) is 3.97. The van der Waals surface area contributed by atoms with Gasteiger partial charge in [-0.15, -0.1) is 5.10 Å². The molecule has 0 spiro atoms. The quantitative estimate of drug-likeness (QED) is 0.204. The van der Waals surface area contributed by atoms with Crippen molar-refractivity contribution >= 4 is 29.3 Å². The number of rotatable bonds is 6. The lowest BCUT2D eigenvalue weighted by atomic mass is 9.87. The minimum Gasteiger partial charge on any atom is -0.308 e. The van der Waals surface area contributed by atoms with Crippen LogP contribution in [0.4, 0.5) is 48.5 Å². The van der Waals surface area contributed by atoms with Gasteiger partial charge in [-0.2, -0.15) is 31.6 Å². The molecule has 226 valence electrons. The molecular weight excluding hydrogens is 580 g/mol. The van der Waals surface area contributed by atoms with Gasteiger partial charge in [0.25, 0.3) is 11.9 Å². The number of H-pyrrole nitrogens is 1. The van der Waals surface area contributed by atoms with Crippen LogP contribution in [0.25, 0.3) is 0 Å². The maximum atomic E-state index is 13.4. The van der Waals surface area contributed by atoms with Crippen molar-refractivity contribution in [2.24, 2.45) is 0 Å². The van der Waals surface area contributed by atoms with Crippen molar-refractivity contribution in [3.05, 3.63) is 94.5 Å². The average molecular weight is 606 g/mol. The number of benzene rings is 3. The lowest BCUT2D eigenvalue weighted by Gasteiger charge is -2.26. The number of amides is 3. The highest BCUT2D eigenvalue weighted by Gasteiger charge is 2.37. The largest absolute Gasteiger partial charge is 0.416 e. The number of anilines is 3. The number of carbonyl (C=O) groups excluding carboxylic acids is 2. The number of carbonyl (C=O) groups is 2. The Bertz CT molecular complexity index is 1550. The second kappa shape index (κ2) is 11.7. The first kappa shape index (κ1) is 31.0. The number of tetrazole rings is 1. The third-order valence-electron chi connectivity index (χ3n) is 6.26. The number of halogens is 6. The van der Waals surface area contributed by atoms with E-state index in [0.717, 1.165) is 10.5 Å². The zero-order valence-corrected chi connectivity index (χ0v) is 22.9. The van der Waals surface area contributed by atoms with Crippen LogP contribution < -0.4 is 15.5 Å². The molecule has 4 aromatic rings. The summed E-state index contributed by atoms with van der Waals surface area (Å²) in [5.41, 5.74) is -2.04. The number of nitrogens with zero attached hydrogens (tertiary/aromatic N) is 4. The lowest BCUT2D eigenvalue weighted by Crippen LogP contribution is -2.34. The normalized spacial score (nSPS) is 12.1. The molecule has 9 nitrogen and oxygen atoms in total. The van der Waals surface area contributed by atoms with Gasteiger partial charge < -0.3 is 5.32 Å². The summed E-state index contributed by atoms with van der Waals surface area (Å²) in [4.78, 5) is 27.0. The Hall–Kier alpha value is -4.95. The van der Waals surface area contributed by atoms with E-state index in [9.17, 15) is 35.9 Å². The molecule has 1 aromatic heterocycles. The van der Waals surface area contributed by atoms with Crippen molar-refractivity contribution in [2.75, 3.05) is 15.5 Å². The summed E-state index contributed by atoms with van der Waals surface area (Å²) in [7, 11) is 0. The number of hydrogen-bond acceptors (Lipinski definition) is 5. The third kappa shape index (κ3) is 7.87. The number of alkyl halides is 6. The predicted molar refractivity (Wildman–Crippen MR) is 145 cm³/mol. The first-order valence-electron chi connectivity index (χ1n) is 12.6. The molecular formula is C28H25F6N7O2. The Morgan fingerprint density at radius 2 is 1.37 bits per heavy atom. The molecule has 43 heavy (non-hydrogen) atoms. The molecule has 0 unspecified atom stereocenters. The average Bonchev–Trinajstić information content (AvgIpc) is 3.43. The van der Waals surface area contributed by atoms with Crippen molar-refractivity contribution in [1.82, 2.24) is 20.6 Å². The minimum absolute atomic E-state index is 0.0188. The maximum Gasteiger partial charge on any atom is 0.416 e. The van der Waals surface area contributed by atoms with Crippen molar-refractivity contribution in [3.8, 4) is 0 Å². The molecule has 0 aliphatic carbocycles. The molecule has 1 heterocycles. The molecule has 0 atom stereocenters. The van der Waals surface area contributed by atoms with E-state index < -0.39 is 41.1 Å². The van der Waals surface area contributed by atoms with Crippen LogP contribution in [0.2, 0.25) is 0 Å². The number of nitrogens with one attached hydrogen (secondary N) is 3. The van der Waals surface area contributed by atoms with Crippen molar-refractivity contribution in [2.45, 2.75) is 45.1 Å². The molecule has 3 amide bonds. The molecule has 0 saturated heterocycles. The summed E-state index contributed by atoms with van der Waals surface area (Å²) in [6, 6.07) is 12.7. The minimum atomic E-state index is -5.08. The highest BCUT2D eigenvalue weighted by molar-refractivity contribution is 6.03. The maximum absolute atomic E-state index is 13.4. The second-order valence-corrected chi connectivity index (χ2v) is 10.5. The fraction of sp³-hybridized carbons (Fsp3) is 0.250. The van der Waals surface area contributed by atoms with Gasteiger partial charge in [-0.05, 0) is 64.2 Å². The monoisotopic (exact) mass is 605 g/mol. The van der Waals surface area contributed by atoms with E-state index in [1.165, 1.54) is 12.1 Å². The Morgan fingerprint density at radius 1 is 0.791 bits per heavy atom.